The highest BCUT2D eigenvalue weighted by atomic mass is 16.5. The van der Waals surface area contributed by atoms with E-state index >= 15 is 0 Å². The van der Waals surface area contributed by atoms with E-state index in [1.807, 2.05) is 60.7 Å². The molecule has 5 aromatic rings. The summed E-state index contributed by atoms with van der Waals surface area (Å²) >= 11 is 0. The summed E-state index contributed by atoms with van der Waals surface area (Å²) in [7, 11) is 3.14. The lowest BCUT2D eigenvalue weighted by Gasteiger charge is -2.10. The lowest BCUT2D eigenvalue weighted by molar-refractivity contribution is -0.115. The number of nitrogens with one attached hydrogen (secondary N) is 1. The lowest BCUT2D eigenvalue weighted by atomic mass is 10.1. The molecule has 9 heteroatoms. The zero-order valence-electron chi connectivity index (χ0n) is 19.2. The van der Waals surface area contributed by atoms with Gasteiger partial charge in [-0.05, 0) is 54.1 Å². The fourth-order valence-corrected chi connectivity index (χ4v) is 3.74. The van der Waals surface area contributed by atoms with Crippen LogP contribution in [0, 0.1) is 0 Å². The van der Waals surface area contributed by atoms with Crippen LogP contribution in [0.15, 0.2) is 79.0 Å². The molecule has 35 heavy (non-hydrogen) atoms. The molecule has 2 aromatic carbocycles. The Labute approximate surface area is 201 Å². The Kier molecular flexibility index (Phi) is 6.04. The van der Waals surface area contributed by atoms with Crippen molar-refractivity contribution in [2.45, 2.75) is 6.42 Å². The third kappa shape index (κ3) is 4.65. The fraction of sp³-hybridized carbons (Fsp3) is 0.115. The zero-order chi connectivity index (χ0) is 24.2. The number of methoxy groups -OCH3 is 2. The molecule has 0 aliphatic carbocycles. The Bertz CT molecular complexity index is 1500. The van der Waals surface area contributed by atoms with E-state index in [0.717, 1.165) is 11.1 Å². The summed E-state index contributed by atoms with van der Waals surface area (Å²) in [4.78, 5) is 17.0. The number of carbonyl (C=O) groups excluding carboxylic acids is 1. The van der Waals surface area contributed by atoms with Gasteiger partial charge in [0.1, 0.15) is 5.69 Å². The van der Waals surface area contributed by atoms with Crippen LogP contribution in [0.2, 0.25) is 0 Å². The molecule has 3 aromatic heterocycles. The summed E-state index contributed by atoms with van der Waals surface area (Å²) in [6.07, 6.45) is 1.90. The van der Waals surface area contributed by atoms with Crippen molar-refractivity contribution in [3.05, 3.63) is 84.6 Å². The van der Waals surface area contributed by atoms with Crippen LogP contribution in [-0.2, 0) is 11.2 Å². The Morgan fingerprint density at radius 1 is 0.886 bits per heavy atom. The number of ether oxygens (including phenoxy) is 2. The van der Waals surface area contributed by atoms with Crippen molar-refractivity contribution in [3.8, 4) is 34.3 Å². The first-order valence-corrected chi connectivity index (χ1v) is 10.9. The third-order valence-corrected chi connectivity index (χ3v) is 5.41. The smallest absolute Gasteiger partial charge is 0.228 e. The van der Waals surface area contributed by atoms with Gasteiger partial charge >= 0.3 is 0 Å². The van der Waals surface area contributed by atoms with Gasteiger partial charge in [-0.2, -0.15) is 9.61 Å². The highest BCUT2D eigenvalue weighted by Gasteiger charge is 2.13. The van der Waals surface area contributed by atoms with E-state index in [1.165, 1.54) is 0 Å². The molecular formula is C26H22N6O3. The van der Waals surface area contributed by atoms with E-state index in [1.54, 1.807) is 37.1 Å². The molecule has 0 bridgehead atoms. The summed E-state index contributed by atoms with van der Waals surface area (Å²) < 4.78 is 12.2. The lowest BCUT2D eigenvalue weighted by Crippen LogP contribution is -2.14. The molecule has 1 amide bonds. The number of benzene rings is 2. The van der Waals surface area contributed by atoms with Crippen molar-refractivity contribution in [1.29, 1.82) is 0 Å². The number of carbonyl (C=O) groups is 1. The fourth-order valence-electron chi connectivity index (χ4n) is 3.74. The molecule has 0 saturated carbocycles. The number of anilines is 1. The number of nitrogens with zero attached hydrogens (tertiary/aromatic N) is 5. The van der Waals surface area contributed by atoms with Crippen LogP contribution < -0.4 is 14.8 Å². The van der Waals surface area contributed by atoms with Crippen LogP contribution in [0.4, 0.5) is 5.69 Å². The van der Waals surface area contributed by atoms with Gasteiger partial charge < -0.3 is 14.8 Å². The van der Waals surface area contributed by atoms with E-state index in [2.05, 4.69) is 20.5 Å². The molecule has 9 nitrogen and oxygen atoms in total. The summed E-state index contributed by atoms with van der Waals surface area (Å²) in [5.74, 6) is 1.62. The highest BCUT2D eigenvalue weighted by Crippen LogP contribution is 2.28. The number of amides is 1. The second kappa shape index (κ2) is 9.60. The van der Waals surface area contributed by atoms with E-state index in [-0.39, 0.29) is 12.3 Å². The number of hydrogen-bond acceptors (Lipinski definition) is 7. The minimum atomic E-state index is -0.144. The molecule has 5 rings (SSSR count). The monoisotopic (exact) mass is 466 g/mol. The second-order valence-electron chi connectivity index (χ2n) is 7.72. The molecule has 174 valence electrons. The van der Waals surface area contributed by atoms with Gasteiger partial charge in [0.2, 0.25) is 11.7 Å². The zero-order valence-corrected chi connectivity index (χ0v) is 19.2. The predicted octanol–water partition coefficient (Wildman–Crippen LogP) is 4.05. The molecule has 0 radical (unpaired) electrons. The summed E-state index contributed by atoms with van der Waals surface area (Å²) in [6, 6.07) is 22.3. The Morgan fingerprint density at radius 3 is 2.57 bits per heavy atom. The standard InChI is InChI=1S/C26H22N6O3/c1-34-22-11-9-17(14-23(22)35-2)15-25(33)28-19-7-5-6-18(16-19)20-10-12-24-29-30-26(32(24)31-20)21-8-3-4-13-27-21/h3-14,16H,15H2,1-2H3,(H,28,33). The predicted molar refractivity (Wildman–Crippen MR) is 131 cm³/mol. The second-order valence-corrected chi connectivity index (χ2v) is 7.72. The molecule has 0 unspecified atom stereocenters. The normalized spacial score (nSPS) is 10.8. The topological polar surface area (TPSA) is 104 Å². The number of pyridine rings is 1. The molecule has 0 spiro atoms. The van der Waals surface area contributed by atoms with Gasteiger partial charge in [-0.1, -0.05) is 24.3 Å². The molecule has 0 aliphatic rings. The van der Waals surface area contributed by atoms with Crippen molar-refractivity contribution in [2.75, 3.05) is 19.5 Å². The van der Waals surface area contributed by atoms with Gasteiger partial charge in [-0.25, -0.2) is 0 Å². The minimum Gasteiger partial charge on any atom is -0.493 e. The maximum Gasteiger partial charge on any atom is 0.228 e. The van der Waals surface area contributed by atoms with Crippen LogP contribution in [0.3, 0.4) is 0 Å². The molecule has 0 atom stereocenters. The maximum atomic E-state index is 12.7. The summed E-state index contributed by atoms with van der Waals surface area (Å²) in [6.45, 7) is 0. The van der Waals surface area contributed by atoms with Crippen LogP contribution in [0.5, 0.6) is 11.5 Å². The van der Waals surface area contributed by atoms with Crippen molar-refractivity contribution in [2.24, 2.45) is 0 Å². The van der Waals surface area contributed by atoms with Crippen LogP contribution in [0.1, 0.15) is 5.56 Å². The molecule has 1 N–H and O–H groups in total. The number of rotatable bonds is 7. The first-order chi connectivity index (χ1) is 17.1. The minimum absolute atomic E-state index is 0.144. The van der Waals surface area contributed by atoms with E-state index in [0.29, 0.717) is 40.0 Å². The summed E-state index contributed by atoms with van der Waals surface area (Å²) in [5.41, 5.74) is 4.35. The van der Waals surface area contributed by atoms with Gasteiger partial charge in [-0.15, -0.1) is 10.2 Å². The first-order valence-electron chi connectivity index (χ1n) is 10.9. The molecule has 0 fully saturated rings. The number of fused-ring (bicyclic) bond motifs is 1. The molecule has 0 aliphatic heterocycles. The first kappa shape index (κ1) is 22.0. The van der Waals surface area contributed by atoms with E-state index in [9.17, 15) is 4.79 Å². The van der Waals surface area contributed by atoms with Gasteiger partial charge in [-0.3, -0.25) is 9.78 Å². The van der Waals surface area contributed by atoms with E-state index in [4.69, 9.17) is 14.6 Å². The van der Waals surface area contributed by atoms with Crippen LogP contribution >= 0.6 is 0 Å². The van der Waals surface area contributed by atoms with Gasteiger partial charge in [0.05, 0.1) is 26.3 Å². The third-order valence-electron chi connectivity index (χ3n) is 5.41. The Hall–Kier alpha value is -4.79. The largest absolute Gasteiger partial charge is 0.493 e. The van der Waals surface area contributed by atoms with Crippen molar-refractivity contribution >= 4 is 17.2 Å². The van der Waals surface area contributed by atoms with Gasteiger partial charge in [0.25, 0.3) is 0 Å². The van der Waals surface area contributed by atoms with Gasteiger partial charge in [0, 0.05) is 17.4 Å². The number of aromatic nitrogens is 5. The average Bonchev–Trinajstić information content (AvgIpc) is 3.32. The van der Waals surface area contributed by atoms with Crippen molar-refractivity contribution in [3.63, 3.8) is 0 Å². The molecule has 0 saturated heterocycles. The van der Waals surface area contributed by atoms with Crippen LogP contribution in [0.25, 0.3) is 28.4 Å². The average molecular weight is 467 g/mol. The highest BCUT2D eigenvalue weighted by molar-refractivity contribution is 5.93. The van der Waals surface area contributed by atoms with Crippen molar-refractivity contribution in [1.82, 2.24) is 24.8 Å². The number of hydrogen-bond donors (Lipinski definition) is 1. The summed E-state index contributed by atoms with van der Waals surface area (Å²) in [5, 5.41) is 16.1. The molecular weight excluding hydrogens is 444 g/mol. The Balaban J connectivity index is 1.37. The Morgan fingerprint density at radius 2 is 1.77 bits per heavy atom. The van der Waals surface area contributed by atoms with Crippen LogP contribution in [-0.4, -0.2) is 44.9 Å². The van der Waals surface area contributed by atoms with E-state index < -0.39 is 0 Å². The van der Waals surface area contributed by atoms with Crippen molar-refractivity contribution < 1.29 is 14.3 Å². The SMILES string of the molecule is COc1ccc(CC(=O)Nc2cccc(-c3ccc4nnc(-c5ccccn5)n4n3)c2)cc1OC. The van der Waals surface area contributed by atoms with Gasteiger partial charge in [0.15, 0.2) is 17.1 Å². The molecule has 3 heterocycles. The maximum absolute atomic E-state index is 12.7. The quantitative estimate of drug-likeness (QED) is 0.386.